The first-order valence-electron chi connectivity index (χ1n) is 3.98. The van der Waals surface area contributed by atoms with E-state index in [1.165, 1.54) is 0 Å². The van der Waals surface area contributed by atoms with Crippen LogP contribution in [0.15, 0.2) is 38.9 Å². The van der Waals surface area contributed by atoms with Crippen molar-refractivity contribution < 1.29 is 0 Å². The van der Waals surface area contributed by atoms with Gasteiger partial charge >= 0.3 is 0 Å². The molecule has 0 spiro atoms. The summed E-state index contributed by atoms with van der Waals surface area (Å²) in [6.07, 6.45) is 0. The maximum Gasteiger partial charge on any atom is 0.211 e. The zero-order chi connectivity index (χ0) is 10.6. The first-order chi connectivity index (χ1) is 6.59. The largest absolute Gasteiger partial charge is 0.369 e. The van der Waals surface area contributed by atoms with Gasteiger partial charge in [-0.3, -0.25) is 0 Å². The third kappa shape index (κ3) is 3.18. The van der Waals surface area contributed by atoms with Crippen LogP contribution < -0.4 is 11.5 Å². The Labute approximate surface area is 90.8 Å². The molecule has 0 aliphatic heterocycles. The van der Waals surface area contributed by atoms with Crippen molar-refractivity contribution in [3.63, 3.8) is 0 Å². The van der Waals surface area contributed by atoms with Crippen LogP contribution in [-0.2, 0) is 0 Å². The third-order valence-corrected chi connectivity index (χ3v) is 2.05. The number of nitrogens with zero attached hydrogens (tertiary/aromatic N) is 2. The van der Waals surface area contributed by atoms with Gasteiger partial charge in [0.15, 0.2) is 0 Å². The standard InChI is InChI=1S/C9H11BrN4/c1-6(13-14-9(11)12)7-3-2-4-8(10)5-7/h2-5H,1H3,(H4,11,12,14)/b13-6+. The van der Waals surface area contributed by atoms with Gasteiger partial charge in [-0.1, -0.05) is 28.1 Å². The summed E-state index contributed by atoms with van der Waals surface area (Å²) in [7, 11) is 0. The molecule has 0 radical (unpaired) electrons. The summed E-state index contributed by atoms with van der Waals surface area (Å²) in [6, 6.07) is 7.75. The predicted octanol–water partition coefficient (Wildman–Crippen LogP) is 1.45. The molecule has 4 nitrogen and oxygen atoms in total. The average molecular weight is 255 g/mol. The molecule has 1 rings (SSSR count). The van der Waals surface area contributed by atoms with E-state index in [4.69, 9.17) is 11.5 Å². The monoisotopic (exact) mass is 254 g/mol. The Bertz CT molecular complexity index is 380. The van der Waals surface area contributed by atoms with Crippen LogP contribution in [0.2, 0.25) is 0 Å². The molecule has 0 saturated heterocycles. The summed E-state index contributed by atoms with van der Waals surface area (Å²) in [6.45, 7) is 1.84. The normalized spacial score (nSPS) is 11.1. The predicted molar refractivity (Wildman–Crippen MR) is 62.2 cm³/mol. The number of guanidine groups is 1. The Hall–Kier alpha value is -1.36. The van der Waals surface area contributed by atoms with Crippen LogP contribution in [0, 0.1) is 0 Å². The van der Waals surface area contributed by atoms with Crippen LogP contribution in [0.4, 0.5) is 0 Å². The van der Waals surface area contributed by atoms with Crippen molar-refractivity contribution in [2.24, 2.45) is 21.7 Å². The van der Waals surface area contributed by atoms with Crippen LogP contribution in [0.1, 0.15) is 12.5 Å². The smallest absolute Gasteiger partial charge is 0.211 e. The summed E-state index contributed by atoms with van der Waals surface area (Å²) in [5, 5.41) is 7.44. The Balaban J connectivity index is 2.95. The molecule has 0 heterocycles. The van der Waals surface area contributed by atoms with Gasteiger partial charge in [0.1, 0.15) is 0 Å². The first-order valence-corrected chi connectivity index (χ1v) is 4.78. The number of halogens is 1. The SMILES string of the molecule is C/C(=N\N=C(N)N)c1cccc(Br)c1. The summed E-state index contributed by atoms with van der Waals surface area (Å²) >= 11 is 3.37. The van der Waals surface area contributed by atoms with Crippen LogP contribution in [0.25, 0.3) is 0 Å². The summed E-state index contributed by atoms with van der Waals surface area (Å²) in [5.74, 6) is -0.0423. The number of hydrogen-bond donors (Lipinski definition) is 2. The molecule has 0 aliphatic rings. The van der Waals surface area contributed by atoms with Gasteiger partial charge < -0.3 is 11.5 Å². The van der Waals surface area contributed by atoms with Crippen molar-refractivity contribution in [1.82, 2.24) is 0 Å². The highest BCUT2D eigenvalue weighted by molar-refractivity contribution is 9.10. The van der Waals surface area contributed by atoms with Crippen LogP contribution in [0.3, 0.4) is 0 Å². The molecular formula is C9H11BrN4. The first kappa shape index (κ1) is 10.7. The second kappa shape index (κ2) is 4.76. The van der Waals surface area contributed by atoms with Gasteiger partial charge in [-0.2, -0.15) is 5.10 Å². The molecule has 0 bridgehead atoms. The number of hydrogen-bond acceptors (Lipinski definition) is 2. The number of benzene rings is 1. The molecule has 0 fully saturated rings. The minimum Gasteiger partial charge on any atom is -0.369 e. The van der Waals surface area contributed by atoms with E-state index < -0.39 is 0 Å². The van der Waals surface area contributed by atoms with Gasteiger partial charge in [-0.05, 0) is 24.6 Å². The van der Waals surface area contributed by atoms with Gasteiger partial charge in [0.2, 0.25) is 5.96 Å². The molecule has 0 atom stereocenters. The lowest BCUT2D eigenvalue weighted by atomic mass is 10.1. The molecular weight excluding hydrogens is 244 g/mol. The molecule has 1 aromatic carbocycles. The topological polar surface area (TPSA) is 76.8 Å². The quantitative estimate of drug-likeness (QED) is 0.476. The van der Waals surface area contributed by atoms with E-state index in [9.17, 15) is 0 Å². The minimum atomic E-state index is -0.0423. The maximum absolute atomic E-state index is 5.16. The van der Waals surface area contributed by atoms with Crippen LogP contribution in [-0.4, -0.2) is 11.7 Å². The van der Waals surface area contributed by atoms with Crippen molar-refractivity contribution >= 4 is 27.6 Å². The van der Waals surface area contributed by atoms with Crippen LogP contribution in [0.5, 0.6) is 0 Å². The third-order valence-electron chi connectivity index (χ3n) is 1.56. The molecule has 74 valence electrons. The fraction of sp³-hybridized carbons (Fsp3) is 0.111. The molecule has 0 saturated carbocycles. The zero-order valence-corrected chi connectivity index (χ0v) is 9.32. The minimum absolute atomic E-state index is 0.0423. The molecule has 4 N–H and O–H groups in total. The van der Waals surface area contributed by atoms with Crippen molar-refractivity contribution in [2.45, 2.75) is 6.92 Å². The summed E-state index contributed by atoms with van der Waals surface area (Å²) < 4.78 is 0.995. The molecule has 5 heteroatoms. The maximum atomic E-state index is 5.16. The molecule has 0 aliphatic carbocycles. The van der Waals surface area contributed by atoms with Crippen molar-refractivity contribution in [1.29, 1.82) is 0 Å². The lowest BCUT2D eigenvalue weighted by Crippen LogP contribution is -2.22. The Morgan fingerprint density at radius 3 is 2.57 bits per heavy atom. The second-order valence-corrected chi connectivity index (χ2v) is 3.64. The van der Waals surface area contributed by atoms with Crippen molar-refractivity contribution in [2.75, 3.05) is 0 Å². The Kier molecular flexibility index (Phi) is 3.64. The Morgan fingerprint density at radius 2 is 2.00 bits per heavy atom. The van der Waals surface area contributed by atoms with Gasteiger partial charge in [0.05, 0.1) is 5.71 Å². The van der Waals surface area contributed by atoms with Gasteiger partial charge in [-0.25, -0.2) is 0 Å². The highest BCUT2D eigenvalue weighted by atomic mass is 79.9. The average Bonchev–Trinajstić information content (AvgIpc) is 2.14. The molecule has 0 amide bonds. The fourth-order valence-corrected chi connectivity index (χ4v) is 1.30. The highest BCUT2D eigenvalue weighted by Crippen LogP contribution is 2.12. The second-order valence-electron chi connectivity index (χ2n) is 2.72. The van der Waals surface area contributed by atoms with E-state index >= 15 is 0 Å². The zero-order valence-electron chi connectivity index (χ0n) is 7.74. The summed E-state index contributed by atoms with van der Waals surface area (Å²) in [4.78, 5) is 0. The van der Waals surface area contributed by atoms with Gasteiger partial charge in [0, 0.05) is 4.47 Å². The van der Waals surface area contributed by atoms with Crippen LogP contribution >= 0.6 is 15.9 Å². The lowest BCUT2D eigenvalue weighted by Gasteiger charge is -1.98. The van der Waals surface area contributed by atoms with E-state index in [-0.39, 0.29) is 5.96 Å². The highest BCUT2D eigenvalue weighted by Gasteiger charge is 1.96. The Morgan fingerprint density at radius 1 is 1.29 bits per heavy atom. The van der Waals surface area contributed by atoms with Gasteiger partial charge in [-0.15, -0.1) is 5.10 Å². The van der Waals surface area contributed by atoms with E-state index in [1.807, 2.05) is 31.2 Å². The number of rotatable bonds is 2. The van der Waals surface area contributed by atoms with E-state index in [2.05, 4.69) is 26.1 Å². The van der Waals surface area contributed by atoms with E-state index in [0.29, 0.717) is 0 Å². The van der Waals surface area contributed by atoms with Gasteiger partial charge in [0.25, 0.3) is 0 Å². The number of nitrogens with two attached hydrogens (primary N) is 2. The fourth-order valence-electron chi connectivity index (χ4n) is 0.904. The molecule has 0 aromatic heterocycles. The van der Waals surface area contributed by atoms with Crippen molar-refractivity contribution in [3.8, 4) is 0 Å². The summed E-state index contributed by atoms with van der Waals surface area (Å²) in [5.41, 5.74) is 12.1. The lowest BCUT2D eigenvalue weighted by molar-refractivity contribution is 1.19. The molecule has 0 unspecified atom stereocenters. The molecule has 14 heavy (non-hydrogen) atoms. The van der Waals surface area contributed by atoms with E-state index in [1.54, 1.807) is 0 Å². The van der Waals surface area contributed by atoms with Crippen molar-refractivity contribution in [3.05, 3.63) is 34.3 Å². The molecule has 1 aromatic rings. The van der Waals surface area contributed by atoms with E-state index in [0.717, 1.165) is 15.7 Å².